The molecule has 5 N–H and O–H groups in total. The monoisotopic (exact) mass is 398 g/mol. The van der Waals surface area contributed by atoms with Crippen LogP contribution in [-0.2, 0) is 11.2 Å². The molecule has 0 aliphatic carbocycles. The van der Waals surface area contributed by atoms with Gasteiger partial charge in [-0.2, -0.15) is 0 Å². The first kappa shape index (κ1) is 21.5. The van der Waals surface area contributed by atoms with E-state index < -0.39 is 23.8 Å². The summed E-state index contributed by atoms with van der Waals surface area (Å²) in [7, 11) is 0. The summed E-state index contributed by atoms with van der Waals surface area (Å²) >= 11 is 0. The van der Waals surface area contributed by atoms with Gasteiger partial charge in [-0.15, -0.1) is 0 Å². The van der Waals surface area contributed by atoms with Crippen molar-refractivity contribution in [2.45, 2.75) is 50.0 Å². The summed E-state index contributed by atoms with van der Waals surface area (Å²) in [5.74, 6) is -0.197. The number of nitrogens with one attached hydrogen (secondary N) is 2. The average Bonchev–Trinajstić information content (AvgIpc) is 2.98. The van der Waals surface area contributed by atoms with Crippen molar-refractivity contribution in [3.05, 3.63) is 60.2 Å². The van der Waals surface area contributed by atoms with Gasteiger partial charge in [0, 0.05) is 13.5 Å². The summed E-state index contributed by atoms with van der Waals surface area (Å²) in [5, 5.41) is 36.2. The Morgan fingerprint density at radius 1 is 1.07 bits per heavy atom. The summed E-state index contributed by atoms with van der Waals surface area (Å²) in [5.41, 5.74) is 2.67. The van der Waals surface area contributed by atoms with Crippen molar-refractivity contribution in [1.82, 2.24) is 10.6 Å². The number of rotatable bonds is 8. The van der Waals surface area contributed by atoms with Crippen molar-refractivity contribution in [3.63, 3.8) is 0 Å². The highest BCUT2D eigenvalue weighted by atomic mass is 16.3. The third-order valence-electron chi connectivity index (χ3n) is 5.77. The number of hydrogen-bond donors (Lipinski definition) is 5. The van der Waals surface area contributed by atoms with Gasteiger partial charge in [0.1, 0.15) is 6.10 Å². The molecule has 1 aliphatic heterocycles. The van der Waals surface area contributed by atoms with Gasteiger partial charge >= 0.3 is 0 Å². The predicted octanol–water partition coefficient (Wildman–Crippen LogP) is 1.24. The number of aryl methyl sites for hydroxylation is 1. The molecule has 0 bridgehead atoms. The fourth-order valence-corrected chi connectivity index (χ4v) is 4.09. The Bertz CT molecular complexity index is 796. The van der Waals surface area contributed by atoms with Crippen LogP contribution in [0.4, 0.5) is 0 Å². The van der Waals surface area contributed by atoms with Crippen LogP contribution in [-0.4, -0.2) is 58.2 Å². The number of aliphatic hydroxyl groups excluding tert-OH is 3. The molecule has 0 spiro atoms. The summed E-state index contributed by atoms with van der Waals surface area (Å²) in [6.07, 6.45) is -0.00169. The highest BCUT2D eigenvalue weighted by molar-refractivity contribution is 5.73. The summed E-state index contributed by atoms with van der Waals surface area (Å²) in [6.45, 7) is 1.34. The van der Waals surface area contributed by atoms with E-state index in [2.05, 4.69) is 47.0 Å². The summed E-state index contributed by atoms with van der Waals surface area (Å²) in [4.78, 5) is 11.4. The smallest absolute Gasteiger partial charge is 0.216 e. The maximum atomic E-state index is 11.4. The Morgan fingerprint density at radius 2 is 1.72 bits per heavy atom. The van der Waals surface area contributed by atoms with E-state index in [1.165, 1.54) is 23.6 Å². The minimum Gasteiger partial charge on any atom is -0.395 e. The zero-order valence-corrected chi connectivity index (χ0v) is 16.7. The van der Waals surface area contributed by atoms with Crippen molar-refractivity contribution in [3.8, 4) is 11.1 Å². The molecule has 1 heterocycles. The van der Waals surface area contributed by atoms with Gasteiger partial charge in [0.15, 0.2) is 0 Å². The van der Waals surface area contributed by atoms with Crippen LogP contribution in [0.3, 0.4) is 0 Å². The Hall–Kier alpha value is -2.25. The first-order valence-electron chi connectivity index (χ1n) is 10.1. The van der Waals surface area contributed by atoms with E-state index in [9.17, 15) is 20.1 Å². The maximum Gasteiger partial charge on any atom is 0.216 e. The Kier molecular flexibility index (Phi) is 7.03. The molecule has 1 aliphatic rings. The Balaban J connectivity index is 1.63. The molecule has 0 aromatic heterocycles. The number of carbonyl (C=O) groups is 1. The molecule has 2 aromatic rings. The van der Waals surface area contributed by atoms with E-state index in [-0.39, 0.29) is 19.1 Å². The average molecular weight is 399 g/mol. The molecule has 2 aromatic carbocycles. The van der Waals surface area contributed by atoms with Crippen LogP contribution in [0.25, 0.3) is 11.1 Å². The van der Waals surface area contributed by atoms with Crippen molar-refractivity contribution >= 4 is 5.91 Å². The SMILES string of the molecule is CC(=O)NC[C@@]1(CCCc2ccc(-c3ccccc3)cc2)N[C@H](CO)[C@@H](O)[C@@H]1O. The molecule has 3 rings (SSSR count). The van der Waals surface area contributed by atoms with Crippen molar-refractivity contribution in [2.24, 2.45) is 0 Å². The van der Waals surface area contributed by atoms with Crippen LogP contribution in [0.2, 0.25) is 0 Å². The highest BCUT2D eigenvalue weighted by Crippen LogP contribution is 2.30. The lowest BCUT2D eigenvalue weighted by atomic mass is 9.86. The van der Waals surface area contributed by atoms with Crippen LogP contribution in [0.1, 0.15) is 25.3 Å². The lowest BCUT2D eigenvalue weighted by Gasteiger charge is -2.34. The van der Waals surface area contributed by atoms with E-state index >= 15 is 0 Å². The van der Waals surface area contributed by atoms with Crippen LogP contribution in [0.15, 0.2) is 54.6 Å². The lowest BCUT2D eigenvalue weighted by molar-refractivity contribution is -0.119. The number of hydrogen-bond acceptors (Lipinski definition) is 5. The van der Waals surface area contributed by atoms with Gasteiger partial charge < -0.3 is 20.6 Å². The Morgan fingerprint density at radius 3 is 2.31 bits per heavy atom. The zero-order valence-electron chi connectivity index (χ0n) is 16.7. The van der Waals surface area contributed by atoms with E-state index in [0.29, 0.717) is 6.42 Å². The molecule has 6 nitrogen and oxygen atoms in total. The topological polar surface area (TPSA) is 102 Å². The highest BCUT2D eigenvalue weighted by Gasteiger charge is 2.51. The molecule has 1 saturated heterocycles. The standard InChI is InChI=1S/C23H30N2O4/c1-16(27)24-15-23(22(29)21(28)20(14-26)25-23)13-5-6-17-9-11-19(12-10-17)18-7-3-2-4-8-18/h2-4,7-12,20-22,25-26,28-29H,5-6,13-15H2,1H3,(H,24,27)/t20-,21-,22+,23-/m1/s1. The van der Waals surface area contributed by atoms with Gasteiger partial charge in [-0.05, 0) is 36.0 Å². The van der Waals surface area contributed by atoms with Crippen LogP contribution in [0, 0.1) is 0 Å². The predicted molar refractivity (Wildman–Crippen MR) is 112 cm³/mol. The molecule has 0 radical (unpaired) electrons. The van der Waals surface area contributed by atoms with E-state index in [1.54, 1.807) is 0 Å². The quantitative estimate of drug-likeness (QED) is 0.461. The number of aliphatic hydroxyl groups is 3. The second-order valence-electron chi connectivity index (χ2n) is 7.85. The molecule has 1 fully saturated rings. The van der Waals surface area contributed by atoms with Crippen LogP contribution in [0.5, 0.6) is 0 Å². The van der Waals surface area contributed by atoms with E-state index in [0.717, 1.165) is 12.8 Å². The van der Waals surface area contributed by atoms with Gasteiger partial charge in [-0.3, -0.25) is 10.1 Å². The van der Waals surface area contributed by atoms with Gasteiger partial charge in [0.05, 0.1) is 24.3 Å². The summed E-state index contributed by atoms with van der Waals surface area (Å²) in [6, 6.07) is 18.0. The van der Waals surface area contributed by atoms with Crippen molar-refractivity contribution in [2.75, 3.05) is 13.2 Å². The minimum atomic E-state index is -1.07. The van der Waals surface area contributed by atoms with Crippen molar-refractivity contribution in [1.29, 1.82) is 0 Å². The molecule has 6 heteroatoms. The molecule has 1 amide bonds. The first-order chi connectivity index (χ1) is 13.9. The van der Waals surface area contributed by atoms with Crippen LogP contribution < -0.4 is 10.6 Å². The molecule has 4 atom stereocenters. The van der Waals surface area contributed by atoms with Crippen molar-refractivity contribution < 1.29 is 20.1 Å². The van der Waals surface area contributed by atoms with Crippen LogP contribution >= 0.6 is 0 Å². The second-order valence-corrected chi connectivity index (χ2v) is 7.85. The normalized spacial score (nSPS) is 26.4. The van der Waals surface area contributed by atoms with Gasteiger partial charge in [-0.1, -0.05) is 54.6 Å². The van der Waals surface area contributed by atoms with Gasteiger partial charge in [0.25, 0.3) is 0 Å². The largest absolute Gasteiger partial charge is 0.395 e. The molecule has 0 saturated carbocycles. The molecule has 156 valence electrons. The third-order valence-corrected chi connectivity index (χ3v) is 5.77. The minimum absolute atomic E-state index is 0.197. The fraction of sp³-hybridized carbons (Fsp3) is 0.435. The fourth-order valence-electron chi connectivity index (χ4n) is 4.09. The van der Waals surface area contributed by atoms with Gasteiger partial charge in [-0.25, -0.2) is 0 Å². The molecular weight excluding hydrogens is 368 g/mol. The van der Waals surface area contributed by atoms with E-state index in [4.69, 9.17) is 0 Å². The maximum absolute atomic E-state index is 11.4. The third kappa shape index (κ3) is 5.03. The Labute approximate surface area is 171 Å². The lowest BCUT2D eigenvalue weighted by Crippen LogP contribution is -2.57. The second kappa shape index (κ2) is 9.50. The van der Waals surface area contributed by atoms with E-state index in [1.807, 2.05) is 18.2 Å². The molecular formula is C23H30N2O4. The number of carbonyl (C=O) groups excluding carboxylic acids is 1. The first-order valence-corrected chi connectivity index (χ1v) is 10.1. The molecule has 29 heavy (non-hydrogen) atoms. The number of benzene rings is 2. The molecule has 0 unspecified atom stereocenters. The number of amides is 1. The zero-order chi connectivity index (χ0) is 20.9. The summed E-state index contributed by atoms with van der Waals surface area (Å²) < 4.78 is 0. The van der Waals surface area contributed by atoms with Gasteiger partial charge in [0.2, 0.25) is 5.91 Å².